The van der Waals surface area contributed by atoms with Crippen LogP contribution in [-0.4, -0.2) is 43.3 Å². The first-order chi connectivity index (χ1) is 8.58. The van der Waals surface area contributed by atoms with Gasteiger partial charge in [-0.25, -0.2) is 0 Å². The Bertz CT molecular complexity index is 290. The molecule has 0 bridgehead atoms. The smallest absolute Gasteiger partial charge is 0.303 e. The summed E-state index contributed by atoms with van der Waals surface area (Å²) in [6.45, 7) is 1.71. The lowest BCUT2D eigenvalue weighted by Crippen LogP contribution is -2.43. The van der Waals surface area contributed by atoms with Crippen LogP contribution in [-0.2, 0) is 14.3 Å². The van der Waals surface area contributed by atoms with Crippen molar-refractivity contribution in [1.82, 2.24) is 5.32 Å². The Labute approximate surface area is 107 Å². The van der Waals surface area contributed by atoms with Crippen LogP contribution in [0.3, 0.4) is 0 Å². The zero-order chi connectivity index (χ0) is 13.4. The van der Waals surface area contributed by atoms with Gasteiger partial charge >= 0.3 is 5.97 Å². The van der Waals surface area contributed by atoms with Crippen molar-refractivity contribution in [1.29, 1.82) is 0 Å². The molecule has 104 valence electrons. The number of aliphatic carboxylic acids is 1. The van der Waals surface area contributed by atoms with Gasteiger partial charge in [-0.05, 0) is 18.3 Å². The molecule has 0 atom stereocenters. The molecule has 0 aliphatic heterocycles. The Morgan fingerprint density at radius 1 is 1.33 bits per heavy atom. The minimum Gasteiger partial charge on any atom is -0.481 e. The van der Waals surface area contributed by atoms with E-state index < -0.39 is 5.97 Å². The molecule has 18 heavy (non-hydrogen) atoms. The van der Waals surface area contributed by atoms with E-state index in [0.29, 0.717) is 32.7 Å². The lowest BCUT2D eigenvalue weighted by Gasteiger charge is -2.40. The Morgan fingerprint density at radius 3 is 2.56 bits per heavy atom. The van der Waals surface area contributed by atoms with Gasteiger partial charge in [0, 0.05) is 19.5 Å². The fourth-order valence-electron chi connectivity index (χ4n) is 2.14. The normalized spacial score (nSPS) is 16.9. The highest BCUT2D eigenvalue weighted by Gasteiger charge is 2.39. The van der Waals surface area contributed by atoms with Crippen LogP contribution in [0.15, 0.2) is 0 Å². The molecule has 0 radical (unpaired) electrons. The summed E-state index contributed by atoms with van der Waals surface area (Å²) in [7, 11) is 0. The van der Waals surface area contributed by atoms with Crippen LogP contribution in [0.2, 0.25) is 0 Å². The van der Waals surface area contributed by atoms with Crippen LogP contribution in [0.1, 0.15) is 32.1 Å². The first-order valence-corrected chi connectivity index (χ1v) is 6.34. The lowest BCUT2D eigenvalue weighted by atomic mass is 9.66. The van der Waals surface area contributed by atoms with Gasteiger partial charge in [-0.2, -0.15) is 0 Å². The molecule has 1 aliphatic rings. The molecule has 0 heterocycles. The molecule has 6 nitrogen and oxygen atoms in total. The highest BCUT2D eigenvalue weighted by molar-refractivity contribution is 5.76. The molecule has 0 aromatic rings. The fourth-order valence-corrected chi connectivity index (χ4v) is 2.14. The summed E-state index contributed by atoms with van der Waals surface area (Å²) >= 11 is 0. The Balaban J connectivity index is 2.18. The van der Waals surface area contributed by atoms with E-state index in [0.717, 1.165) is 19.3 Å². The van der Waals surface area contributed by atoms with Crippen LogP contribution in [0.25, 0.3) is 0 Å². The summed E-state index contributed by atoms with van der Waals surface area (Å²) < 4.78 is 5.11. The van der Waals surface area contributed by atoms with Crippen LogP contribution < -0.4 is 11.1 Å². The number of hydrogen-bond acceptors (Lipinski definition) is 4. The molecule has 6 heteroatoms. The van der Waals surface area contributed by atoms with Gasteiger partial charge in [0.2, 0.25) is 5.91 Å². The third-order valence-corrected chi connectivity index (χ3v) is 3.34. The maximum Gasteiger partial charge on any atom is 0.303 e. The number of carbonyl (C=O) groups is 2. The second-order valence-corrected chi connectivity index (χ2v) is 4.85. The predicted octanol–water partition coefficient (Wildman–Crippen LogP) is 0.113. The zero-order valence-corrected chi connectivity index (χ0v) is 10.6. The largest absolute Gasteiger partial charge is 0.481 e. The standard InChI is InChI=1S/C12H22N2O4/c13-5-7-18-6-2-10(15)14-9-12(3-1-4-12)8-11(16)17/h1-9,13H2,(H,14,15)(H,16,17). The van der Waals surface area contributed by atoms with Gasteiger partial charge < -0.3 is 20.9 Å². The van der Waals surface area contributed by atoms with Crippen molar-refractivity contribution in [2.24, 2.45) is 11.1 Å². The van der Waals surface area contributed by atoms with Gasteiger partial charge in [0.1, 0.15) is 0 Å². The van der Waals surface area contributed by atoms with Crippen molar-refractivity contribution in [3.63, 3.8) is 0 Å². The SMILES string of the molecule is NCCOCCC(=O)NCC1(CC(=O)O)CCC1. The zero-order valence-electron chi connectivity index (χ0n) is 10.6. The highest BCUT2D eigenvalue weighted by atomic mass is 16.5. The second-order valence-electron chi connectivity index (χ2n) is 4.85. The highest BCUT2D eigenvalue weighted by Crippen LogP contribution is 2.43. The van der Waals surface area contributed by atoms with E-state index in [1.165, 1.54) is 0 Å². The van der Waals surface area contributed by atoms with Gasteiger partial charge in [-0.3, -0.25) is 9.59 Å². The molecule has 1 saturated carbocycles. The number of carbonyl (C=O) groups excluding carboxylic acids is 1. The first kappa shape index (κ1) is 14.9. The molecule has 0 saturated heterocycles. The van der Waals surface area contributed by atoms with Gasteiger partial charge in [0.25, 0.3) is 0 Å². The Hall–Kier alpha value is -1.14. The second kappa shape index (κ2) is 7.33. The topological polar surface area (TPSA) is 102 Å². The van der Waals surface area contributed by atoms with Crippen molar-refractivity contribution in [3.05, 3.63) is 0 Å². The van der Waals surface area contributed by atoms with Crippen molar-refractivity contribution in [2.45, 2.75) is 32.1 Å². The minimum atomic E-state index is -0.796. The van der Waals surface area contributed by atoms with E-state index in [9.17, 15) is 9.59 Å². The lowest BCUT2D eigenvalue weighted by molar-refractivity contribution is -0.142. The van der Waals surface area contributed by atoms with Crippen LogP contribution >= 0.6 is 0 Å². The monoisotopic (exact) mass is 258 g/mol. The summed E-state index contributed by atoms with van der Waals surface area (Å²) in [5, 5.41) is 11.6. The van der Waals surface area contributed by atoms with Crippen molar-refractivity contribution in [2.75, 3.05) is 26.3 Å². The number of nitrogens with two attached hydrogens (primary N) is 1. The third-order valence-electron chi connectivity index (χ3n) is 3.34. The predicted molar refractivity (Wildman–Crippen MR) is 66.0 cm³/mol. The summed E-state index contributed by atoms with van der Waals surface area (Å²) in [5.74, 6) is -0.890. The van der Waals surface area contributed by atoms with E-state index in [4.69, 9.17) is 15.6 Å². The third kappa shape index (κ3) is 5.01. The molecule has 4 N–H and O–H groups in total. The van der Waals surface area contributed by atoms with Gasteiger partial charge in [-0.15, -0.1) is 0 Å². The van der Waals surface area contributed by atoms with E-state index in [1.54, 1.807) is 0 Å². The van der Waals surface area contributed by atoms with Gasteiger partial charge in [0.15, 0.2) is 0 Å². The molecule has 1 aliphatic carbocycles. The van der Waals surface area contributed by atoms with E-state index >= 15 is 0 Å². The molecule has 1 rings (SSSR count). The Kier molecular flexibility index (Phi) is 6.07. The average Bonchev–Trinajstić information content (AvgIpc) is 2.27. The van der Waals surface area contributed by atoms with E-state index in [1.807, 2.05) is 0 Å². The molecule has 0 unspecified atom stereocenters. The van der Waals surface area contributed by atoms with Crippen molar-refractivity contribution < 1.29 is 19.4 Å². The number of amides is 1. The van der Waals surface area contributed by atoms with E-state index in [-0.39, 0.29) is 17.7 Å². The molecule has 1 amide bonds. The number of carboxylic acid groups (broad SMARTS) is 1. The average molecular weight is 258 g/mol. The minimum absolute atomic E-state index is 0.0938. The van der Waals surface area contributed by atoms with E-state index in [2.05, 4.69) is 5.32 Å². The van der Waals surface area contributed by atoms with Crippen molar-refractivity contribution >= 4 is 11.9 Å². The first-order valence-electron chi connectivity index (χ1n) is 6.34. The summed E-state index contributed by atoms with van der Waals surface area (Å²) in [4.78, 5) is 22.3. The maximum absolute atomic E-state index is 11.5. The maximum atomic E-state index is 11.5. The van der Waals surface area contributed by atoms with Crippen molar-refractivity contribution in [3.8, 4) is 0 Å². The van der Waals surface area contributed by atoms with Crippen LogP contribution in [0.4, 0.5) is 0 Å². The van der Waals surface area contributed by atoms with Gasteiger partial charge in [0.05, 0.1) is 19.6 Å². The number of nitrogens with one attached hydrogen (secondary N) is 1. The Morgan fingerprint density at radius 2 is 2.06 bits per heavy atom. The van der Waals surface area contributed by atoms with Gasteiger partial charge in [-0.1, -0.05) is 6.42 Å². The van der Waals surface area contributed by atoms with Crippen LogP contribution in [0.5, 0.6) is 0 Å². The molecular formula is C12H22N2O4. The molecule has 0 spiro atoms. The summed E-state index contributed by atoms with van der Waals surface area (Å²) in [6, 6.07) is 0. The summed E-state index contributed by atoms with van der Waals surface area (Å²) in [5.41, 5.74) is 5.03. The van der Waals surface area contributed by atoms with Crippen LogP contribution in [0, 0.1) is 5.41 Å². The number of carboxylic acids is 1. The molecular weight excluding hydrogens is 236 g/mol. The molecule has 1 fully saturated rings. The fraction of sp³-hybridized carbons (Fsp3) is 0.833. The number of hydrogen-bond donors (Lipinski definition) is 3. The number of ether oxygens (including phenoxy) is 1. The quantitative estimate of drug-likeness (QED) is 0.510. The summed E-state index contributed by atoms with van der Waals surface area (Å²) in [6.07, 6.45) is 3.23. The number of rotatable bonds is 9. The molecule has 0 aromatic carbocycles. The molecule has 0 aromatic heterocycles.